The average molecular weight is 297 g/mol. The van der Waals surface area contributed by atoms with Gasteiger partial charge in [0.2, 0.25) is 0 Å². The molecule has 2 rings (SSSR count). The number of carboxylic acids is 1. The van der Waals surface area contributed by atoms with Crippen molar-refractivity contribution >= 4 is 17.6 Å². The molecule has 0 spiro atoms. The van der Waals surface area contributed by atoms with Crippen molar-refractivity contribution < 1.29 is 14.7 Å². The molecule has 114 valence electrons. The SMILES string of the molecule is CC(C)(C)c1ccc(C(=O)Nc2cccc(C(=O)O)c2)cc1. The van der Waals surface area contributed by atoms with Gasteiger partial charge >= 0.3 is 5.97 Å². The molecule has 22 heavy (non-hydrogen) atoms. The Kier molecular flexibility index (Phi) is 4.31. The van der Waals surface area contributed by atoms with Crippen LogP contribution in [0.5, 0.6) is 0 Å². The van der Waals surface area contributed by atoms with Crippen LogP contribution in [-0.4, -0.2) is 17.0 Å². The normalized spacial score (nSPS) is 11.0. The van der Waals surface area contributed by atoms with Gasteiger partial charge in [0, 0.05) is 11.3 Å². The van der Waals surface area contributed by atoms with Gasteiger partial charge in [-0.2, -0.15) is 0 Å². The molecule has 0 unspecified atom stereocenters. The third-order valence-corrected chi connectivity index (χ3v) is 3.38. The summed E-state index contributed by atoms with van der Waals surface area (Å²) in [5.41, 5.74) is 2.32. The first kappa shape index (κ1) is 15.8. The maximum Gasteiger partial charge on any atom is 0.335 e. The average Bonchev–Trinajstić information content (AvgIpc) is 2.46. The van der Waals surface area contributed by atoms with Gasteiger partial charge in [-0.05, 0) is 41.3 Å². The van der Waals surface area contributed by atoms with E-state index in [0.717, 1.165) is 5.56 Å². The molecule has 0 saturated carbocycles. The van der Waals surface area contributed by atoms with Crippen molar-refractivity contribution in [3.05, 3.63) is 65.2 Å². The summed E-state index contributed by atoms with van der Waals surface area (Å²) in [5, 5.41) is 11.7. The second-order valence-electron chi connectivity index (χ2n) is 6.17. The molecule has 2 N–H and O–H groups in total. The van der Waals surface area contributed by atoms with Gasteiger partial charge in [0.1, 0.15) is 0 Å². The van der Waals surface area contributed by atoms with E-state index in [1.807, 2.05) is 12.1 Å². The fourth-order valence-electron chi connectivity index (χ4n) is 2.05. The standard InChI is InChI=1S/C18H19NO3/c1-18(2,3)14-9-7-12(8-10-14)16(20)19-15-6-4-5-13(11-15)17(21)22/h4-11H,1-3H3,(H,19,20)(H,21,22). The molecule has 2 aromatic carbocycles. The van der Waals surface area contributed by atoms with Gasteiger partial charge in [-0.15, -0.1) is 0 Å². The Morgan fingerprint density at radius 1 is 0.955 bits per heavy atom. The summed E-state index contributed by atoms with van der Waals surface area (Å²) < 4.78 is 0. The molecular formula is C18H19NO3. The third kappa shape index (κ3) is 3.73. The fourth-order valence-corrected chi connectivity index (χ4v) is 2.05. The van der Waals surface area contributed by atoms with Crippen LogP contribution in [0.4, 0.5) is 5.69 Å². The van der Waals surface area contributed by atoms with Gasteiger partial charge in [0.25, 0.3) is 5.91 Å². The summed E-state index contributed by atoms with van der Waals surface area (Å²) >= 11 is 0. The molecule has 0 aliphatic rings. The van der Waals surface area contributed by atoms with Crippen LogP contribution in [0, 0.1) is 0 Å². The number of carbonyl (C=O) groups excluding carboxylic acids is 1. The summed E-state index contributed by atoms with van der Waals surface area (Å²) in [6, 6.07) is 13.6. The second kappa shape index (κ2) is 6.02. The van der Waals surface area contributed by atoms with Crippen LogP contribution in [0.3, 0.4) is 0 Å². The van der Waals surface area contributed by atoms with Crippen LogP contribution in [0.15, 0.2) is 48.5 Å². The zero-order valence-electron chi connectivity index (χ0n) is 12.9. The summed E-state index contributed by atoms with van der Waals surface area (Å²) in [7, 11) is 0. The summed E-state index contributed by atoms with van der Waals surface area (Å²) in [4.78, 5) is 23.1. The van der Waals surface area contributed by atoms with E-state index in [9.17, 15) is 9.59 Å². The van der Waals surface area contributed by atoms with Crippen molar-refractivity contribution in [1.82, 2.24) is 0 Å². The molecule has 0 atom stereocenters. The van der Waals surface area contributed by atoms with Crippen molar-refractivity contribution in [3.63, 3.8) is 0 Å². The molecule has 0 bridgehead atoms. The highest BCUT2D eigenvalue weighted by molar-refractivity contribution is 6.04. The molecule has 0 saturated heterocycles. The van der Waals surface area contributed by atoms with Crippen LogP contribution in [0.1, 0.15) is 47.1 Å². The molecule has 0 heterocycles. The van der Waals surface area contributed by atoms with Crippen LogP contribution >= 0.6 is 0 Å². The quantitative estimate of drug-likeness (QED) is 0.902. The van der Waals surface area contributed by atoms with Crippen LogP contribution in [0.25, 0.3) is 0 Å². The van der Waals surface area contributed by atoms with Crippen molar-refractivity contribution in [3.8, 4) is 0 Å². The Hall–Kier alpha value is -2.62. The van der Waals surface area contributed by atoms with Gasteiger partial charge in [0.05, 0.1) is 5.56 Å². The first-order valence-electron chi connectivity index (χ1n) is 7.02. The van der Waals surface area contributed by atoms with Crippen LogP contribution in [0.2, 0.25) is 0 Å². The number of aromatic carboxylic acids is 1. The lowest BCUT2D eigenvalue weighted by molar-refractivity contribution is 0.0696. The molecule has 0 aromatic heterocycles. The molecule has 0 aliphatic heterocycles. The van der Waals surface area contributed by atoms with Crippen LogP contribution in [-0.2, 0) is 5.41 Å². The van der Waals surface area contributed by atoms with E-state index in [1.54, 1.807) is 24.3 Å². The number of nitrogens with one attached hydrogen (secondary N) is 1. The van der Waals surface area contributed by atoms with E-state index in [2.05, 4.69) is 26.1 Å². The minimum absolute atomic E-state index is 0.0326. The number of hydrogen-bond acceptors (Lipinski definition) is 2. The van der Waals surface area contributed by atoms with Crippen molar-refractivity contribution in [2.45, 2.75) is 26.2 Å². The third-order valence-electron chi connectivity index (χ3n) is 3.38. The minimum atomic E-state index is -1.02. The topological polar surface area (TPSA) is 66.4 Å². The number of amides is 1. The minimum Gasteiger partial charge on any atom is -0.478 e. The van der Waals surface area contributed by atoms with E-state index >= 15 is 0 Å². The summed E-state index contributed by atoms with van der Waals surface area (Å²) in [6.07, 6.45) is 0. The number of carbonyl (C=O) groups is 2. The molecule has 1 amide bonds. The van der Waals surface area contributed by atoms with Gasteiger partial charge < -0.3 is 10.4 Å². The highest BCUT2D eigenvalue weighted by Crippen LogP contribution is 2.22. The van der Waals surface area contributed by atoms with Gasteiger partial charge in [0.15, 0.2) is 0 Å². The van der Waals surface area contributed by atoms with Gasteiger partial charge in [-0.3, -0.25) is 4.79 Å². The number of benzene rings is 2. The van der Waals surface area contributed by atoms with Gasteiger partial charge in [-0.25, -0.2) is 4.79 Å². The first-order valence-corrected chi connectivity index (χ1v) is 7.02. The largest absolute Gasteiger partial charge is 0.478 e. The molecule has 4 heteroatoms. The molecule has 0 fully saturated rings. The Bertz CT molecular complexity index is 697. The maximum atomic E-state index is 12.2. The van der Waals surface area contributed by atoms with Crippen molar-refractivity contribution in [2.24, 2.45) is 0 Å². The highest BCUT2D eigenvalue weighted by Gasteiger charge is 2.14. The zero-order chi connectivity index (χ0) is 16.3. The predicted octanol–water partition coefficient (Wildman–Crippen LogP) is 3.93. The number of anilines is 1. The monoisotopic (exact) mass is 297 g/mol. The zero-order valence-corrected chi connectivity index (χ0v) is 12.9. The summed E-state index contributed by atoms with van der Waals surface area (Å²) in [5.74, 6) is -1.28. The van der Waals surface area contributed by atoms with Crippen molar-refractivity contribution in [1.29, 1.82) is 0 Å². The molecule has 2 aromatic rings. The van der Waals surface area contributed by atoms with E-state index in [4.69, 9.17) is 5.11 Å². The summed E-state index contributed by atoms with van der Waals surface area (Å²) in [6.45, 7) is 6.33. The second-order valence-corrected chi connectivity index (χ2v) is 6.17. The highest BCUT2D eigenvalue weighted by atomic mass is 16.4. The number of rotatable bonds is 3. The molecule has 4 nitrogen and oxygen atoms in total. The van der Waals surface area contributed by atoms with E-state index in [1.165, 1.54) is 12.1 Å². The lowest BCUT2D eigenvalue weighted by atomic mass is 9.87. The number of carboxylic acid groups (broad SMARTS) is 1. The van der Waals surface area contributed by atoms with E-state index in [-0.39, 0.29) is 16.9 Å². The Morgan fingerprint density at radius 3 is 2.14 bits per heavy atom. The molecule has 0 aliphatic carbocycles. The smallest absolute Gasteiger partial charge is 0.335 e. The fraction of sp³-hybridized carbons (Fsp3) is 0.222. The van der Waals surface area contributed by atoms with Crippen molar-refractivity contribution in [2.75, 3.05) is 5.32 Å². The van der Waals surface area contributed by atoms with E-state index < -0.39 is 5.97 Å². The van der Waals surface area contributed by atoms with Gasteiger partial charge in [-0.1, -0.05) is 39.0 Å². The molecular weight excluding hydrogens is 278 g/mol. The maximum absolute atomic E-state index is 12.2. The number of hydrogen-bond donors (Lipinski definition) is 2. The molecule has 0 radical (unpaired) electrons. The Labute approximate surface area is 129 Å². The van der Waals surface area contributed by atoms with Crippen LogP contribution < -0.4 is 5.32 Å². The lowest BCUT2D eigenvalue weighted by Gasteiger charge is -2.19. The van der Waals surface area contributed by atoms with E-state index in [0.29, 0.717) is 11.3 Å². The Balaban J connectivity index is 2.15. The first-order chi connectivity index (χ1) is 10.3. The predicted molar refractivity (Wildman–Crippen MR) is 86.5 cm³/mol. The Morgan fingerprint density at radius 2 is 1.59 bits per heavy atom. The lowest BCUT2D eigenvalue weighted by Crippen LogP contribution is -2.14.